The molecule has 218 valence electrons. The molecule has 1 amide bonds. The Labute approximate surface area is 240 Å². The minimum absolute atomic E-state index is 0.0861. The van der Waals surface area contributed by atoms with Crippen molar-refractivity contribution in [2.75, 3.05) is 46.4 Å². The highest BCUT2D eigenvalue weighted by Gasteiger charge is 2.26. The lowest BCUT2D eigenvalue weighted by molar-refractivity contribution is 0.0301. The Balaban J connectivity index is 1.03. The monoisotopic (exact) mass is 560 g/mol. The van der Waals surface area contributed by atoms with Crippen LogP contribution in [0.1, 0.15) is 42.2 Å². The van der Waals surface area contributed by atoms with E-state index in [9.17, 15) is 9.90 Å². The molecule has 2 aromatic carbocycles. The number of amides is 1. The highest BCUT2D eigenvalue weighted by atomic mass is 16.5. The lowest BCUT2D eigenvalue weighted by atomic mass is 9.97. The van der Waals surface area contributed by atoms with E-state index < -0.39 is 0 Å². The van der Waals surface area contributed by atoms with Crippen LogP contribution in [0.5, 0.6) is 11.5 Å². The summed E-state index contributed by atoms with van der Waals surface area (Å²) in [5.41, 5.74) is 3.05. The van der Waals surface area contributed by atoms with Crippen molar-refractivity contribution in [3.05, 3.63) is 60.0 Å². The highest BCUT2D eigenvalue weighted by Crippen LogP contribution is 2.33. The molecule has 3 N–H and O–H groups in total. The quantitative estimate of drug-likeness (QED) is 0.279. The summed E-state index contributed by atoms with van der Waals surface area (Å²) in [7, 11) is 1.65. The van der Waals surface area contributed by atoms with E-state index >= 15 is 0 Å². The number of hydrogen-bond donors (Lipinski definition) is 3. The largest absolute Gasteiger partial charge is 0.496 e. The van der Waals surface area contributed by atoms with Crippen LogP contribution < -0.4 is 14.8 Å². The number of nitrogens with one attached hydrogen (secondary N) is 2. The first kappa shape index (κ1) is 27.6. The molecule has 2 aromatic heterocycles. The molecular formula is C32H40N4O5. The van der Waals surface area contributed by atoms with Crippen molar-refractivity contribution >= 4 is 27.8 Å². The van der Waals surface area contributed by atoms with Gasteiger partial charge in [-0.2, -0.15) is 0 Å². The molecular weight excluding hydrogens is 520 g/mol. The van der Waals surface area contributed by atoms with E-state index in [0.717, 1.165) is 91.7 Å². The van der Waals surface area contributed by atoms with Gasteiger partial charge in [-0.15, -0.1) is 0 Å². The normalized spacial score (nSPS) is 21.0. The Hall–Kier alpha value is -3.53. The molecule has 0 bridgehead atoms. The molecule has 41 heavy (non-hydrogen) atoms. The van der Waals surface area contributed by atoms with Crippen LogP contribution in [0.4, 0.5) is 0 Å². The summed E-state index contributed by atoms with van der Waals surface area (Å²) in [6, 6.07) is 13.5. The second kappa shape index (κ2) is 12.1. The molecule has 0 saturated carbocycles. The fourth-order valence-electron chi connectivity index (χ4n) is 6.20. The summed E-state index contributed by atoms with van der Waals surface area (Å²) in [6.07, 6.45) is 4.30. The van der Waals surface area contributed by atoms with Crippen molar-refractivity contribution in [1.82, 2.24) is 20.1 Å². The van der Waals surface area contributed by atoms with Crippen molar-refractivity contribution in [2.45, 2.75) is 44.9 Å². The Kier molecular flexibility index (Phi) is 8.18. The number of aromatic nitrogens is 1. The van der Waals surface area contributed by atoms with E-state index in [1.165, 1.54) is 0 Å². The van der Waals surface area contributed by atoms with Crippen LogP contribution in [0.25, 0.3) is 21.9 Å². The van der Waals surface area contributed by atoms with Crippen LogP contribution in [-0.4, -0.2) is 84.3 Å². The fourth-order valence-corrected chi connectivity index (χ4v) is 6.20. The van der Waals surface area contributed by atoms with E-state index in [0.29, 0.717) is 24.0 Å². The van der Waals surface area contributed by atoms with Crippen LogP contribution in [-0.2, 0) is 6.61 Å². The average Bonchev–Trinajstić information content (AvgIpc) is 3.62. The first-order valence-corrected chi connectivity index (χ1v) is 14.7. The summed E-state index contributed by atoms with van der Waals surface area (Å²) in [4.78, 5) is 21.4. The first-order chi connectivity index (χ1) is 20.0. The van der Waals surface area contributed by atoms with E-state index in [-0.39, 0.29) is 18.1 Å². The first-order valence-electron chi connectivity index (χ1n) is 14.7. The molecule has 0 unspecified atom stereocenters. The molecule has 9 heteroatoms. The Morgan fingerprint density at radius 3 is 2.63 bits per heavy atom. The summed E-state index contributed by atoms with van der Waals surface area (Å²) in [6.45, 7) is 8.44. The Bertz CT molecular complexity index is 1490. The maximum absolute atomic E-state index is 13.2. The van der Waals surface area contributed by atoms with Gasteiger partial charge >= 0.3 is 0 Å². The number of likely N-dealkylation sites (tertiary alicyclic amines) is 2. The van der Waals surface area contributed by atoms with E-state index in [2.05, 4.69) is 27.0 Å². The zero-order valence-electron chi connectivity index (χ0n) is 23.9. The number of methoxy groups -OCH3 is 1. The molecule has 0 radical (unpaired) electrons. The van der Waals surface area contributed by atoms with Crippen molar-refractivity contribution < 1.29 is 23.8 Å². The molecule has 6 rings (SSSR count). The number of piperidine rings is 2. The Morgan fingerprint density at radius 2 is 1.83 bits per heavy atom. The molecule has 2 saturated heterocycles. The topological polar surface area (TPSA) is 103 Å². The Morgan fingerprint density at radius 1 is 1.07 bits per heavy atom. The molecule has 0 aliphatic carbocycles. The number of carbonyl (C=O) groups is 1. The number of rotatable bonds is 9. The van der Waals surface area contributed by atoms with Crippen molar-refractivity contribution in [3.63, 3.8) is 0 Å². The zero-order chi connectivity index (χ0) is 28.3. The van der Waals surface area contributed by atoms with Gasteiger partial charge in [0.1, 0.15) is 29.4 Å². The van der Waals surface area contributed by atoms with Crippen LogP contribution >= 0.6 is 0 Å². The summed E-state index contributed by atoms with van der Waals surface area (Å²) < 4.78 is 17.4. The van der Waals surface area contributed by atoms with Gasteiger partial charge in [0.05, 0.1) is 24.9 Å². The number of ether oxygens (including phenoxy) is 2. The highest BCUT2D eigenvalue weighted by molar-refractivity contribution is 5.99. The maximum Gasteiger partial charge on any atom is 0.267 e. The molecule has 4 heterocycles. The number of aliphatic hydroxyl groups excluding tert-OH is 1. The second-order valence-corrected chi connectivity index (χ2v) is 11.5. The number of benzene rings is 2. The number of aromatic amines is 1. The number of fused-ring (bicyclic) bond motifs is 2. The molecule has 0 spiro atoms. The van der Waals surface area contributed by atoms with Gasteiger partial charge in [-0.1, -0.05) is 19.1 Å². The summed E-state index contributed by atoms with van der Waals surface area (Å²) in [5.74, 6) is 1.71. The third kappa shape index (κ3) is 6.07. The smallest absolute Gasteiger partial charge is 0.267 e. The van der Waals surface area contributed by atoms with Gasteiger partial charge in [0.15, 0.2) is 0 Å². The van der Waals surface area contributed by atoms with E-state index in [1.807, 2.05) is 42.5 Å². The molecule has 2 aliphatic rings. The third-order valence-corrected chi connectivity index (χ3v) is 8.71. The number of H-pyrrole nitrogens is 1. The number of nitrogens with zero attached hydrogens (tertiary/aromatic N) is 2. The second-order valence-electron chi connectivity index (χ2n) is 11.5. The molecule has 9 nitrogen and oxygen atoms in total. The van der Waals surface area contributed by atoms with E-state index in [4.69, 9.17) is 13.9 Å². The van der Waals surface area contributed by atoms with Gasteiger partial charge in [0.25, 0.3) is 5.91 Å². The maximum atomic E-state index is 13.2. The lowest BCUT2D eigenvalue weighted by Crippen LogP contribution is -2.48. The van der Waals surface area contributed by atoms with Crippen LogP contribution in [0.3, 0.4) is 0 Å². The molecule has 2 fully saturated rings. The summed E-state index contributed by atoms with van der Waals surface area (Å²) in [5, 5.41) is 15.0. The molecule has 2 aliphatic heterocycles. The fraction of sp³-hybridized carbons (Fsp3) is 0.469. The minimum atomic E-state index is -0.158. The molecule has 4 aromatic rings. The zero-order valence-corrected chi connectivity index (χ0v) is 23.9. The number of aliphatic hydroxyl groups is 1. The number of furan rings is 1. The van der Waals surface area contributed by atoms with Crippen LogP contribution in [0.15, 0.2) is 53.1 Å². The van der Waals surface area contributed by atoms with Gasteiger partial charge in [0, 0.05) is 61.8 Å². The standard InChI is InChI=1S/C32H40N4O5/c1-21-18-36(14-11-27(21)37)16-15-35-12-9-23(10-13-35)33-32(38)26-17-24-25(34-26)5-3-6-28(24)40-19-22-20-41-30-8-4-7-29(39-2)31(22)30/h3-8,17,20-21,23,27,34,37H,9-16,18-19H2,1-2H3,(H,33,38)/t21-,27-/m0/s1. The number of hydrogen-bond acceptors (Lipinski definition) is 7. The van der Waals surface area contributed by atoms with Gasteiger partial charge < -0.3 is 39.1 Å². The van der Waals surface area contributed by atoms with Gasteiger partial charge in [-0.25, -0.2) is 0 Å². The minimum Gasteiger partial charge on any atom is -0.496 e. The van der Waals surface area contributed by atoms with Gasteiger partial charge in [-0.3, -0.25) is 4.79 Å². The molecule has 2 atom stereocenters. The van der Waals surface area contributed by atoms with Gasteiger partial charge in [0.2, 0.25) is 0 Å². The average molecular weight is 561 g/mol. The van der Waals surface area contributed by atoms with Crippen molar-refractivity contribution in [1.29, 1.82) is 0 Å². The predicted molar refractivity (Wildman–Crippen MR) is 159 cm³/mol. The van der Waals surface area contributed by atoms with Gasteiger partial charge in [-0.05, 0) is 55.5 Å². The van der Waals surface area contributed by atoms with Crippen molar-refractivity contribution in [2.24, 2.45) is 5.92 Å². The summed E-state index contributed by atoms with van der Waals surface area (Å²) >= 11 is 0. The van der Waals surface area contributed by atoms with Crippen molar-refractivity contribution in [3.8, 4) is 11.5 Å². The van der Waals surface area contributed by atoms with E-state index in [1.54, 1.807) is 13.4 Å². The lowest BCUT2D eigenvalue weighted by Gasteiger charge is -2.37. The van der Waals surface area contributed by atoms with Crippen LogP contribution in [0, 0.1) is 5.92 Å². The SMILES string of the molecule is COc1cccc2occ(COc3cccc4[nH]c(C(=O)NC5CCN(CCN6CC[C@H](O)[C@@H](C)C6)CC5)cc34)c12. The van der Waals surface area contributed by atoms with Crippen LogP contribution in [0.2, 0.25) is 0 Å². The third-order valence-electron chi connectivity index (χ3n) is 8.71. The predicted octanol–water partition coefficient (Wildman–Crippen LogP) is 4.40. The number of carbonyl (C=O) groups excluding carboxylic acids is 1.